The monoisotopic (exact) mass is 527 g/mol. The standard InChI is InChI=1S/C29H32F3N3O3/c1-19-15-35(20(2)18-36)28(37)25-13-23(22-9-5-4-6-10-22)14-33-27(25)38-26(19)17-34(3)16-21-8-7-11-24(12-21)29(30,31)32/h4-14,19-20,26,36H,15-18H2,1-3H3/t19-,20+,26-/m0/s1. The molecule has 2 aromatic carbocycles. The van der Waals surface area contributed by atoms with Crippen LogP contribution in [-0.4, -0.2) is 64.7 Å². The lowest BCUT2D eigenvalue weighted by atomic mass is 9.99. The summed E-state index contributed by atoms with van der Waals surface area (Å²) < 4.78 is 45.8. The Morgan fingerprint density at radius 2 is 1.87 bits per heavy atom. The summed E-state index contributed by atoms with van der Waals surface area (Å²) in [4.78, 5) is 21.6. The molecular formula is C29H32F3N3O3. The number of benzene rings is 2. The minimum Gasteiger partial charge on any atom is -0.472 e. The zero-order valence-electron chi connectivity index (χ0n) is 21.7. The van der Waals surface area contributed by atoms with Crippen LogP contribution in [0.1, 0.15) is 35.3 Å². The van der Waals surface area contributed by atoms with E-state index in [0.717, 1.165) is 23.3 Å². The number of nitrogens with zero attached hydrogens (tertiary/aromatic N) is 3. The highest BCUT2D eigenvalue weighted by Gasteiger charge is 2.34. The number of amides is 1. The summed E-state index contributed by atoms with van der Waals surface area (Å²) in [5, 5.41) is 9.86. The molecule has 1 amide bonds. The van der Waals surface area contributed by atoms with Crippen LogP contribution in [0.15, 0.2) is 66.9 Å². The van der Waals surface area contributed by atoms with Gasteiger partial charge in [-0.05, 0) is 37.2 Å². The minimum absolute atomic E-state index is 0.138. The average Bonchev–Trinajstić information content (AvgIpc) is 2.90. The molecule has 1 N–H and O–H groups in total. The fourth-order valence-electron chi connectivity index (χ4n) is 4.64. The Morgan fingerprint density at radius 1 is 1.13 bits per heavy atom. The molecule has 0 spiro atoms. The molecule has 0 fully saturated rings. The van der Waals surface area contributed by atoms with Gasteiger partial charge in [0, 0.05) is 37.3 Å². The Morgan fingerprint density at radius 3 is 2.55 bits per heavy atom. The zero-order chi connectivity index (χ0) is 27.4. The summed E-state index contributed by atoms with van der Waals surface area (Å²) in [5.41, 5.74) is 1.84. The van der Waals surface area contributed by atoms with Crippen LogP contribution >= 0.6 is 0 Å². The van der Waals surface area contributed by atoms with Gasteiger partial charge in [0.1, 0.15) is 11.7 Å². The Hall–Kier alpha value is -3.43. The van der Waals surface area contributed by atoms with E-state index in [0.29, 0.717) is 30.8 Å². The number of carbonyl (C=O) groups excluding carboxylic acids is 1. The molecule has 0 bridgehead atoms. The number of carbonyl (C=O) groups is 1. The highest BCUT2D eigenvalue weighted by Crippen LogP contribution is 2.31. The average molecular weight is 528 g/mol. The highest BCUT2D eigenvalue weighted by molar-refractivity contribution is 5.98. The van der Waals surface area contributed by atoms with Gasteiger partial charge < -0.3 is 14.7 Å². The Bertz CT molecular complexity index is 1250. The van der Waals surface area contributed by atoms with Crippen molar-refractivity contribution in [3.8, 4) is 17.0 Å². The summed E-state index contributed by atoms with van der Waals surface area (Å²) >= 11 is 0. The van der Waals surface area contributed by atoms with E-state index >= 15 is 0 Å². The summed E-state index contributed by atoms with van der Waals surface area (Å²) in [5.74, 6) is -0.205. The summed E-state index contributed by atoms with van der Waals surface area (Å²) in [7, 11) is 1.82. The van der Waals surface area contributed by atoms with Crippen LogP contribution in [0.5, 0.6) is 5.88 Å². The van der Waals surface area contributed by atoms with Gasteiger partial charge in [-0.2, -0.15) is 13.2 Å². The molecule has 0 saturated heterocycles. The molecule has 9 heteroatoms. The number of alkyl halides is 3. The molecule has 0 unspecified atom stereocenters. The van der Waals surface area contributed by atoms with E-state index in [4.69, 9.17) is 4.74 Å². The van der Waals surface area contributed by atoms with E-state index in [1.54, 1.807) is 30.2 Å². The first kappa shape index (κ1) is 27.6. The molecule has 2 heterocycles. The lowest BCUT2D eigenvalue weighted by Crippen LogP contribution is -2.49. The number of rotatable bonds is 7. The van der Waals surface area contributed by atoms with E-state index in [1.165, 1.54) is 6.07 Å². The quantitative estimate of drug-likeness (QED) is 0.462. The maximum atomic E-state index is 13.6. The Kier molecular flexibility index (Phi) is 8.38. The predicted molar refractivity (Wildman–Crippen MR) is 139 cm³/mol. The molecule has 0 aliphatic carbocycles. The van der Waals surface area contributed by atoms with Crippen molar-refractivity contribution < 1.29 is 27.8 Å². The molecule has 202 valence electrons. The molecule has 6 nitrogen and oxygen atoms in total. The molecule has 0 radical (unpaired) electrons. The molecule has 38 heavy (non-hydrogen) atoms. The maximum Gasteiger partial charge on any atom is 0.416 e. The van der Waals surface area contributed by atoms with Crippen LogP contribution in [0.2, 0.25) is 0 Å². The minimum atomic E-state index is -4.40. The van der Waals surface area contributed by atoms with E-state index in [9.17, 15) is 23.1 Å². The third kappa shape index (κ3) is 6.34. The number of halogens is 3. The third-order valence-corrected chi connectivity index (χ3v) is 6.83. The SMILES string of the molecule is C[C@H](CO)N1C[C@H](C)[C@H](CN(C)Cc2cccc(C(F)(F)F)c2)Oc2ncc(-c3ccccc3)cc2C1=O. The Labute approximate surface area is 220 Å². The fourth-order valence-corrected chi connectivity index (χ4v) is 4.64. The van der Waals surface area contributed by atoms with Crippen molar-refractivity contribution in [1.82, 2.24) is 14.8 Å². The number of ether oxygens (including phenoxy) is 1. The van der Waals surface area contributed by atoms with E-state index in [-0.39, 0.29) is 24.3 Å². The third-order valence-electron chi connectivity index (χ3n) is 6.83. The second-order valence-electron chi connectivity index (χ2n) is 9.96. The fraction of sp³-hybridized carbons (Fsp3) is 0.379. The van der Waals surface area contributed by atoms with Crippen LogP contribution in [-0.2, 0) is 12.7 Å². The molecule has 1 aromatic heterocycles. The van der Waals surface area contributed by atoms with Crippen molar-refractivity contribution in [3.05, 3.63) is 83.6 Å². The zero-order valence-corrected chi connectivity index (χ0v) is 21.7. The second-order valence-corrected chi connectivity index (χ2v) is 9.96. The topological polar surface area (TPSA) is 65.9 Å². The number of hydrogen-bond donors (Lipinski definition) is 1. The number of aromatic nitrogens is 1. The number of fused-ring (bicyclic) bond motifs is 1. The number of likely N-dealkylation sites (N-methyl/N-ethyl adjacent to an activating group) is 1. The smallest absolute Gasteiger partial charge is 0.416 e. The van der Waals surface area contributed by atoms with E-state index in [1.807, 2.05) is 49.2 Å². The Balaban J connectivity index is 1.62. The first-order valence-electron chi connectivity index (χ1n) is 12.6. The number of pyridine rings is 1. The summed E-state index contributed by atoms with van der Waals surface area (Å²) in [6, 6.07) is 16.2. The van der Waals surface area contributed by atoms with Gasteiger partial charge in [-0.3, -0.25) is 9.69 Å². The van der Waals surface area contributed by atoms with Gasteiger partial charge in [-0.1, -0.05) is 55.5 Å². The van der Waals surface area contributed by atoms with Gasteiger partial charge in [0.2, 0.25) is 5.88 Å². The van der Waals surface area contributed by atoms with Gasteiger partial charge >= 0.3 is 6.18 Å². The van der Waals surface area contributed by atoms with Gasteiger partial charge in [0.15, 0.2) is 0 Å². The van der Waals surface area contributed by atoms with Crippen molar-refractivity contribution in [2.24, 2.45) is 5.92 Å². The highest BCUT2D eigenvalue weighted by atomic mass is 19.4. The van der Waals surface area contributed by atoms with Crippen molar-refractivity contribution in [3.63, 3.8) is 0 Å². The molecular weight excluding hydrogens is 495 g/mol. The molecule has 3 aromatic rings. The molecule has 3 atom stereocenters. The van der Waals surface area contributed by atoms with Crippen LogP contribution in [0.3, 0.4) is 0 Å². The predicted octanol–water partition coefficient (Wildman–Crippen LogP) is 5.12. The number of aliphatic hydroxyl groups is 1. The molecule has 1 aliphatic heterocycles. The second kappa shape index (κ2) is 11.5. The van der Waals surface area contributed by atoms with Gasteiger partial charge in [-0.25, -0.2) is 4.98 Å². The van der Waals surface area contributed by atoms with Gasteiger partial charge in [0.05, 0.1) is 18.2 Å². The van der Waals surface area contributed by atoms with Crippen molar-refractivity contribution in [2.75, 3.05) is 26.7 Å². The van der Waals surface area contributed by atoms with Crippen LogP contribution < -0.4 is 4.74 Å². The van der Waals surface area contributed by atoms with Crippen molar-refractivity contribution >= 4 is 5.91 Å². The molecule has 0 saturated carbocycles. The first-order chi connectivity index (χ1) is 18.1. The summed E-state index contributed by atoms with van der Waals surface area (Å²) in [6.45, 7) is 4.58. The first-order valence-corrected chi connectivity index (χ1v) is 12.6. The van der Waals surface area contributed by atoms with Gasteiger partial charge in [-0.15, -0.1) is 0 Å². The van der Waals surface area contributed by atoms with Crippen LogP contribution in [0.4, 0.5) is 13.2 Å². The molecule has 4 rings (SSSR count). The normalized spacial score (nSPS) is 18.9. The van der Waals surface area contributed by atoms with Crippen molar-refractivity contribution in [2.45, 2.75) is 38.7 Å². The van der Waals surface area contributed by atoms with Crippen LogP contribution in [0, 0.1) is 5.92 Å². The summed E-state index contributed by atoms with van der Waals surface area (Å²) in [6.07, 6.45) is -3.14. The molecule has 1 aliphatic rings. The van der Waals surface area contributed by atoms with E-state index in [2.05, 4.69) is 4.98 Å². The van der Waals surface area contributed by atoms with Crippen molar-refractivity contribution in [1.29, 1.82) is 0 Å². The van der Waals surface area contributed by atoms with Gasteiger partial charge in [0.25, 0.3) is 5.91 Å². The maximum absolute atomic E-state index is 13.6. The van der Waals surface area contributed by atoms with Crippen LogP contribution in [0.25, 0.3) is 11.1 Å². The number of hydrogen-bond acceptors (Lipinski definition) is 5. The van der Waals surface area contributed by atoms with E-state index < -0.39 is 23.9 Å². The lowest BCUT2D eigenvalue weighted by molar-refractivity contribution is -0.137. The number of aliphatic hydroxyl groups excluding tert-OH is 1. The largest absolute Gasteiger partial charge is 0.472 e. The lowest BCUT2D eigenvalue weighted by Gasteiger charge is -2.37.